The van der Waals surface area contributed by atoms with E-state index in [1.807, 2.05) is 20.0 Å². The average molecular weight is 275 g/mol. The zero-order valence-electron chi connectivity index (χ0n) is 12.9. The lowest BCUT2D eigenvalue weighted by Crippen LogP contribution is -2.59. The van der Waals surface area contributed by atoms with Gasteiger partial charge in [0.1, 0.15) is 0 Å². The number of hydrogen-bond donors (Lipinski definition) is 1. The number of nitrogens with two attached hydrogens (primary N) is 1. The van der Waals surface area contributed by atoms with Crippen LogP contribution < -0.4 is 5.73 Å². The van der Waals surface area contributed by atoms with Crippen LogP contribution in [0, 0.1) is 11.3 Å². The van der Waals surface area contributed by atoms with E-state index in [1.54, 1.807) is 6.92 Å². The van der Waals surface area contributed by atoms with Crippen molar-refractivity contribution in [3.05, 3.63) is 0 Å². The smallest absolute Gasteiger partial charge is 0.338 e. The SMILES string of the molecule is CCOC(=O)C(CN)(O[SiH](C)C)C(C)C(C)(C)C. The number of rotatable bonds is 6. The van der Waals surface area contributed by atoms with Crippen LogP contribution in [0.4, 0.5) is 0 Å². The summed E-state index contributed by atoms with van der Waals surface area (Å²) in [4.78, 5) is 12.3. The van der Waals surface area contributed by atoms with Crippen molar-refractivity contribution in [2.75, 3.05) is 13.2 Å². The summed E-state index contributed by atoms with van der Waals surface area (Å²) in [5.74, 6) is -0.333. The molecule has 2 atom stereocenters. The van der Waals surface area contributed by atoms with Gasteiger partial charge in [-0.25, -0.2) is 4.79 Å². The molecule has 0 rings (SSSR count). The zero-order chi connectivity index (χ0) is 14.6. The molecule has 0 aliphatic carbocycles. The Morgan fingerprint density at radius 2 is 1.83 bits per heavy atom. The van der Waals surface area contributed by atoms with Crippen LogP contribution in [0.1, 0.15) is 34.6 Å². The van der Waals surface area contributed by atoms with E-state index in [1.165, 1.54) is 0 Å². The molecule has 108 valence electrons. The van der Waals surface area contributed by atoms with Crippen LogP contribution in [0.25, 0.3) is 0 Å². The van der Waals surface area contributed by atoms with E-state index in [0.717, 1.165) is 0 Å². The number of carbonyl (C=O) groups excluding carboxylic acids is 1. The fourth-order valence-corrected chi connectivity index (χ4v) is 3.25. The van der Waals surface area contributed by atoms with Crippen molar-refractivity contribution in [3.8, 4) is 0 Å². The summed E-state index contributed by atoms with van der Waals surface area (Å²) in [6.07, 6.45) is 0. The van der Waals surface area contributed by atoms with Crippen molar-refractivity contribution in [2.45, 2.75) is 53.3 Å². The maximum Gasteiger partial charge on any atom is 0.338 e. The van der Waals surface area contributed by atoms with Gasteiger partial charge in [-0.15, -0.1) is 0 Å². The van der Waals surface area contributed by atoms with Crippen molar-refractivity contribution in [3.63, 3.8) is 0 Å². The van der Waals surface area contributed by atoms with Gasteiger partial charge in [0.05, 0.1) is 6.61 Å². The van der Waals surface area contributed by atoms with E-state index in [2.05, 4.69) is 20.8 Å². The predicted octanol–water partition coefficient (Wildman–Crippen LogP) is 1.93. The second-order valence-corrected chi connectivity index (χ2v) is 8.40. The summed E-state index contributed by atoms with van der Waals surface area (Å²) >= 11 is 0. The maximum atomic E-state index is 12.3. The Bertz CT molecular complexity index is 276. The van der Waals surface area contributed by atoms with Crippen molar-refractivity contribution < 1.29 is 14.0 Å². The van der Waals surface area contributed by atoms with E-state index in [9.17, 15) is 4.79 Å². The van der Waals surface area contributed by atoms with Gasteiger partial charge in [-0.3, -0.25) is 0 Å². The van der Waals surface area contributed by atoms with Crippen LogP contribution in [-0.4, -0.2) is 33.8 Å². The van der Waals surface area contributed by atoms with E-state index < -0.39 is 14.6 Å². The Morgan fingerprint density at radius 3 is 2.11 bits per heavy atom. The third-order valence-corrected chi connectivity index (χ3v) is 4.26. The normalized spacial score (nSPS) is 17.4. The molecule has 0 spiro atoms. The van der Waals surface area contributed by atoms with Crippen LogP contribution in [0.3, 0.4) is 0 Å². The number of carbonyl (C=O) groups is 1. The Hall–Kier alpha value is -0.393. The van der Waals surface area contributed by atoms with E-state index in [0.29, 0.717) is 6.61 Å². The Balaban J connectivity index is 5.42. The van der Waals surface area contributed by atoms with Gasteiger partial charge in [-0.05, 0) is 25.4 Å². The van der Waals surface area contributed by atoms with Gasteiger partial charge in [-0.2, -0.15) is 0 Å². The molecule has 0 heterocycles. The molecule has 0 saturated carbocycles. The molecule has 0 aromatic rings. The largest absolute Gasteiger partial charge is 0.464 e. The van der Waals surface area contributed by atoms with E-state index in [4.69, 9.17) is 14.9 Å². The molecule has 0 fully saturated rings. The van der Waals surface area contributed by atoms with Crippen molar-refractivity contribution in [2.24, 2.45) is 17.1 Å². The fraction of sp³-hybridized carbons (Fsp3) is 0.923. The highest BCUT2D eigenvalue weighted by Crippen LogP contribution is 2.37. The Labute approximate surface area is 113 Å². The van der Waals surface area contributed by atoms with Gasteiger partial charge in [0.25, 0.3) is 0 Å². The molecule has 0 radical (unpaired) electrons. The minimum atomic E-state index is -1.40. The van der Waals surface area contributed by atoms with Gasteiger partial charge in [0.2, 0.25) is 0 Å². The lowest BCUT2D eigenvalue weighted by Gasteiger charge is -2.43. The molecule has 5 heteroatoms. The third kappa shape index (κ3) is 4.07. The Kier molecular flexibility index (Phi) is 6.53. The minimum Gasteiger partial charge on any atom is -0.464 e. The van der Waals surface area contributed by atoms with Gasteiger partial charge < -0.3 is 14.9 Å². The standard InChI is InChI=1S/C13H29NO3Si/c1-8-16-11(15)13(9-14,17-18(6)7)10(2)12(3,4)5/h10,18H,8-9,14H2,1-7H3. The lowest BCUT2D eigenvalue weighted by atomic mass is 9.71. The average Bonchev–Trinajstić information content (AvgIpc) is 2.23. The van der Waals surface area contributed by atoms with Gasteiger partial charge >= 0.3 is 5.97 Å². The van der Waals surface area contributed by atoms with E-state index >= 15 is 0 Å². The molecule has 2 N–H and O–H groups in total. The summed E-state index contributed by atoms with van der Waals surface area (Å²) in [5, 5.41) is 0. The zero-order valence-corrected chi connectivity index (χ0v) is 14.0. The van der Waals surface area contributed by atoms with Crippen LogP contribution in [0.2, 0.25) is 13.1 Å². The predicted molar refractivity (Wildman–Crippen MR) is 77.0 cm³/mol. The summed E-state index contributed by atoms with van der Waals surface area (Å²) in [7, 11) is -1.40. The second kappa shape index (κ2) is 6.68. The highest BCUT2D eigenvalue weighted by molar-refractivity contribution is 6.48. The Morgan fingerprint density at radius 1 is 1.33 bits per heavy atom. The molecule has 0 aliphatic rings. The molecular formula is C13H29NO3Si. The van der Waals surface area contributed by atoms with Gasteiger partial charge in [0, 0.05) is 12.5 Å². The minimum absolute atomic E-state index is 0.0102. The first-order chi connectivity index (χ1) is 8.11. The molecule has 0 amide bonds. The van der Waals surface area contributed by atoms with Crippen LogP contribution in [0.5, 0.6) is 0 Å². The first-order valence-electron chi connectivity index (χ1n) is 6.67. The maximum absolute atomic E-state index is 12.3. The molecule has 2 unspecified atom stereocenters. The van der Waals surface area contributed by atoms with Crippen molar-refractivity contribution in [1.29, 1.82) is 0 Å². The first kappa shape index (κ1) is 17.6. The molecule has 0 saturated heterocycles. The lowest BCUT2D eigenvalue weighted by molar-refractivity contribution is -0.170. The summed E-state index contributed by atoms with van der Waals surface area (Å²) in [6.45, 7) is 14.7. The van der Waals surface area contributed by atoms with Gasteiger partial charge in [-0.1, -0.05) is 27.7 Å². The molecule has 4 nitrogen and oxygen atoms in total. The summed E-state index contributed by atoms with van der Waals surface area (Å²) in [6, 6.07) is 0. The highest BCUT2D eigenvalue weighted by atomic mass is 28.3. The first-order valence-corrected chi connectivity index (χ1v) is 9.45. The number of hydrogen-bond acceptors (Lipinski definition) is 4. The summed E-state index contributed by atoms with van der Waals surface area (Å²) < 4.78 is 11.2. The molecule has 18 heavy (non-hydrogen) atoms. The van der Waals surface area contributed by atoms with Crippen LogP contribution in [0.15, 0.2) is 0 Å². The third-order valence-electron chi connectivity index (χ3n) is 3.37. The molecule has 0 bridgehead atoms. The second-order valence-electron chi connectivity index (χ2n) is 6.07. The molecule has 0 aromatic heterocycles. The van der Waals surface area contributed by atoms with Crippen molar-refractivity contribution in [1.82, 2.24) is 0 Å². The highest BCUT2D eigenvalue weighted by Gasteiger charge is 2.49. The summed E-state index contributed by atoms with van der Waals surface area (Å²) in [5.41, 5.74) is 4.80. The molecule has 0 aliphatic heterocycles. The van der Waals surface area contributed by atoms with Gasteiger partial charge in [0.15, 0.2) is 14.6 Å². The van der Waals surface area contributed by atoms with E-state index in [-0.39, 0.29) is 23.8 Å². The fourth-order valence-electron chi connectivity index (χ4n) is 2.01. The quantitative estimate of drug-likeness (QED) is 0.594. The molecular weight excluding hydrogens is 246 g/mol. The van der Waals surface area contributed by atoms with Crippen LogP contribution in [-0.2, 0) is 14.0 Å². The number of ether oxygens (including phenoxy) is 1. The van der Waals surface area contributed by atoms with Crippen LogP contribution >= 0.6 is 0 Å². The van der Waals surface area contributed by atoms with Crippen molar-refractivity contribution >= 4 is 15.0 Å². The topological polar surface area (TPSA) is 61.5 Å². The molecule has 0 aromatic carbocycles. The monoisotopic (exact) mass is 275 g/mol. The number of esters is 1.